The van der Waals surface area contributed by atoms with E-state index in [1.165, 1.54) is 9.13 Å². The molecule has 2 N–H and O–H groups in total. The fraction of sp³-hybridized carbons (Fsp3) is 0.483. The number of aryl methyl sites for hydroxylation is 3. The molecule has 6 rings (SSSR count). The van der Waals surface area contributed by atoms with Gasteiger partial charge in [0.2, 0.25) is 0 Å². The van der Waals surface area contributed by atoms with Gasteiger partial charge in [-0.05, 0) is 32.8 Å². The molecule has 2 saturated heterocycles. The molecule has 0 radical (unpaired) electrons. The Bertz CT molecular complexity index is 1770. The van der Waals surface area contributed by atoms with Gasteiger partial charge >= 0.3 is 5.69 Å². The van der Waals surface area contributed by atoms with E-state index in [-0.39, 0.29) is 18.5 Å². The third-order valence-corrected chi connectivity index (χ3v) is 8.24. The van der Waals surface area contributed by atoms with Crippen LogP contribution in [0, 0.1) is 6.92 Å². The molecular formula is C29H36N8O4. The van der Waals surface area contributed by atoms with Gasteiger partial charge in [0, 0.05) is 56.9 Å². The predicted molar refractivity (Wildman–Crippen MR) is 157 cm³/mol. The largest absolute Gasteiger partial charge is 0.378 e. The number of para-hydroxylation sites is 1. The summed E-state index contributed by atoms with van der Waals surface area (Å²) in [5, 5.41) is 0.919. The van der Waals surface area contributed by atoms with Crippen LogP contribution in [0.3, 0.4) is 0 Å². The van der Waals surface area contributed by atoms with Gasteiger partial charge in [-0.3, -0.25) is 18.7 Å². The third-order valence-electron chi connectivity index (χ3n) is 8.24. The van der Waals surface area contributed by atoms with Crippen molar-refractivity contribution in [3.05, 3.63) is 62.2 Å². The first-order chi connectivity index (χ1) is 19.8. The standard InChI is InChI=1S/C29H36N8O4/c1-4-36-25-24(23(27(38)34-12-14-41-15-13-34)26(36)35-11-7-8-19(30)16-35)33(3)29(40)37(28(25)39)17-22-31-18(2)20-9-5-6-10-21(20)32-22/h5-6,9-10,19H,4,7-8,11-17,30H2,1-3H3/t19-/m1/s1. The summed E-state index contributed by atoms with van der Waals surface area (Å²) < 4.78 is 9.97. The van der Waals surface area contributed by atoms with Crippen molar-refractivity contribution < 1.29 is 9.53 Å². The molecule has 12 nitrogen and oxygen atoms in total. The summed E-state index contributed by atoms with van der Waals surface area (Å²) in [4.78, 5) is 55.3. The number of nitrogens with two attached hydrogens (primary N) is 1. The third kappa shape index (κ3) is 4.60. The van der Waals surface area contributed by atoms with Crippen molar-refractivity contribution in [3.8, 4) is 0 Å². The lowest BCUT2D eigenvalue weighted by molar-refractivity contribution is 0.0304. The van der Waals surface area contributed by atoms with E-state index in [4.69, 9.17) is 10.5 Å². The van der Waals surface area contributed by atoms with Gasteiger partial charge < -0.3 is 24.8 Å². The lowest BCUT2D eigenvalue weighted by Crippen LogP contribution is -2.45. The van der Waals surface area contributed by atoms with Gasteiger partial charge in [0.1, 0.15) is 22.7 Å². The summed E-state index contributed by atoms with van der Waals surface area (Å²) in [5.74, 6) is 0.818. The molecule has 0 bridgehead atoms. The van der Waals surface area contributed by atoms with Gasteiger partial charge in [-0.2, -0.15) is 0 Å². The van der Waals surface area contributed by atoms with E-state index in [1.807, 2.05) is 42.7 Å². The van der Waals surface area contributed by atoms with E-state index in [0.717, 1.165) is 29.4 Å². The molecule has 41 heavy (non-hydrogen) atoms. The fourth-order valence-electron chi connectivity index (χ4n) is 6.23. The zero-order valence-corrected chi connectivity index (χ0v) is 23.8. The van der Waals surface area contributed by atoms with Gasteiger partial charge in [-0.15, -0.1) is 0 Å². The Balaban J connectivity index is 1.58. The van der Waals surface area contributed by atoms with Crippen LogP contribution >= 0.6 is 0 Å². The molecule has 2 fully saturated rings. The quantitative estimate of drug-likeness (QED) is 0.385. The monoisotopic (exact) mass is 560 g/mol. The van der Waals surface area contributed by atoms with Gasteiger partial charge in [0.25, 0.3) is 11.5 Å². The Hall–Kier alpha value is -4.03. The minimum Gasteiger partial charge on any atom is -0.378 e. The van der Waals surface area contributed by atoms with E-state index in [2.05, 4.69) is 14.9 Å². The molecular weight excluding hydrogens is 524 g/mol. The molecule has 0 saturated carbocycles. The highest BCUT2D eigenvalue weighted by Gasteiger charge is 2.34. The zero-order chi connectivity index (χ0) is 28.8. The summed E-state index contributed by atoms with van der Waals surface area (Å²) in [6.07, 6.45) is 1.77. The molecule has 1 aromatic carbocycles. The second-order valence-electron chi connectivity index (χ2n) is 10.9. The molecule has 2 aliphatic heterocycles. The SMILES string of the molecule is CCn1c(N2CCC[C@@H](N)C2)c(C(=O)N2CCOCC2)c2c1c(=O)n(Cc1nc(C)c3ccccc3n1)c(=O)n2C. The molecule has 2 aliphatic rings. The first kappa shape index (κ1) is 27.2. The van der Waals surface area contributed by atoms with Gasteiger partial charge in [-0.25, -0.2) is 14.8 Å². The highest BCUT2D eigenvalue weighted by molar-refractivity contribution is 6.11. The summed E-state index contributed by atoms with van der Waals surface area (Å²) in [7, 11) is 1.62. The Morgan fingerprint density at radius 2 is 1.83 bits per heavy atom. The van der Waals surface area contributed by atoms with Crippen LogP contribution in [-0.4, -0.2) is 79.9 Å². The summed E-state index contributed by atoms with van der Waals surface area (Å²) in [5.41, 5.74) is 7.93. The van der Waals surface area contributed by atoms with E-state index in [9.17, 15) is 14.4 Å². The highest BCUT2D eigenvalue weighted by atomic mass is 16.5. The van der Waals surface area contributed by atoms with Crippen molar-refractivity contribution in [3.63, 3.8) is 0 Å². The number of morpholine rings is 1. The molecule has 5 heterocycles. The van der Waals surface area contributed by atoms with Crippen molar-refractivity contribution in [1.82, 2.24) is 28.6 Å². The topological polar surface area (TPSA) is 134 Å². The first-order valence-electron chi connectivity index (χ1n) is 14.3. The number of carbonyl (C=O) groups is 1. The van der Waals surface area contributed by atoms with Crippen LogP contribution < -0.4 is 21.9 Å². The van der Waals surface area contributed by atoms with Crippen molar-refractivity contribution >= 4 is 33.7 Å². The van der Waals surface area contributed by atoms with Crippen molar-refractivity contribution in [2.45, 2.75) is 45.8 Å². The molecule has 1 atom stereocenters. The zero-order valence-electron chi connectivity index (χ0n) is 23.8. The number of hydrogen-bond donors (Lipinski definition) is 1. The first-order valence-corrected chi connectivity index (χ1v) is 14.3. The fourth-order valence-corrected chi connectivity index (χ4v) is 6.23. The molecule has 12 heteroatoms. The molecule has 3 aromatic heterocycles. The minimum atomic E-state index is -0.525. The predicted octanol–water partition coefficient (Wildman–Crippen LogP) is 1.22. The van der Waals surface area contributed by atoms with E-state index in [0.29, 0.717) is 74.2 Å². The van der Waals surface area contributed by atoms with Crippen LogP contribution in [0.5, 0.6) is 0 Å². The number of rotatable bonds is 5. The van der Waals surface area contributed by atoms with Crippen molar-refractivity contribution in [2.75, 3.05) is 44.3 Å². The van der Waals surface area contributed by atoms with Gasteiger partial charge in [0.05, 0.1) is 30.8 Å². The number of hydrogen-bond acceptors (Lipinski definition) is 8. The van der Waals surface area contributed by atoms with Crippen LogP contribution in [0.15, 0.2) is 33.9 Å². The number of ether oxygens (including phenoxy) is 1. The molecule has 0 unspecified atom stereocenters. The second-order valence-corrected chi connectivity index (χ2v) is 10.9. The maximum absolute atomic E-state index is 14.2. The van der Waals surface area contributed by atoms with Crippen LogP contribution in [0.1, 0.15) is 41.6 Å². The summed E-state index contributed by atoms with van der Waals surface area (Å²) >= 11 is 0. The van der Waals surface area contributed by atoms with Crippen molar-refractivity contribution in [2.24, 2.45) is 12.8 Å². The van der Waals surface area contributed by atoms with Crippen molar-refractivity contribution in [1.29, 1.82) is 0 Å². The Morgan fingerprint density at radius 1 is 1.07 bits per heavy atom. The Labute approximate surface area is 236 Å². The number of aromatic nitrogens is 5. The Morgan fingerprint density at radius 3 is 2.56 bits per heavy atom. The summed E-state index contributed by atoms with van der Waals surface area (Å²) in [6.45, 7) is 7.23. The maximum Gasteiger partial charge on any atom is 0.331 e. The number of carbonyl (C=O) groups excluding carboxylic acids is 1. The van der Waals surface area contributed by atoms with Crippen LogP contribution in [0.4, 0.5) is 5.82 Å². The van der Waals surface area contributed by atoms with Crippen LogP contribution in [0.25, 0.3) is 21.9 Å². The molecule has 4 aromatic rings. The number of fused-ring (bicyclic) bond motifs is 2. The van der Waals surface area contributed by atoms with Gasteiger partial charge in [0.15, 0.2) is 0 Å². The van der Waals surface area contributed by atoms with E-state index < -0.39 is 11.2 Å². The highest BCUT2D eigenvalue weighted by Crippen LogP contribution is 2.34. The lowest BCUT2D eigenvalue weighted by Gasteiger charge is -2.34. The number of piperidine rings is 1. The minimum absolute atomic E-state index is 0.0489. The number of amides is 1. The van der Waals surface area contributed by atoms with Crippen LogP contribution in [-0.2, 0) is 24.9 Å². The number of nitrogens with zero attached hydrogens (tertiary/aromatic N) is 7. The normalized spacial score (nSPS) is 18.0. The smallest absolute Gasteiger partial charge is 0.331 e. The molecule has 0 aliphatic carbocycles. The van der Waals surface area contributed by atoms with Gasteiger partial charge in [-0.1, -0.05) is 18.2 Å². The lowest BCUT2D eigenvalue weighted by atomic mass is 10.1. The number of benzene rings is 1. The Kier molecular flexibility index (Phi) is 7.12. The average Bonchev–Trinajstić information content (AvgIpc) is 3.34. The number of anilines is 1. The van der Waals surface area contributed by atoms with E-state index >= 15 is 0 Å². The van der Waals surface area contributed by atoms with Crippen LogP contribution in [0.2, 0.25) is 0 Å². The van der Waals surface area contributed by atoms with E-state index in [1.54, 1.807) is 11.9 Å². The summed E-state index contributed by atoms with van der Waals surface area (Å²) in [6, 6.07) is 7.60. The maximum atomic E-state index is 14.2. The second kappa shape index (κ2) is 10.7. The molecule has 1 amide bonds. The molecule has 216 valence electrons. The molecule has 0 spiro atoms. The average molecular weight is 561 g/mol.